The first-order chi connectivity index (χ1) is 7.27. The first kappa shape index (κ1) is 12.7. The van der Waals surface area contributed by atoms with Crippen LogP contribution in [0.2, 0.25) is 0 Å². The van der Waals surface area contributed by atoms with Gasteiger partial charge >= 0.3 is 0 Å². The zero-order valence-electron chi connectivity index (χ0n) is 8.63. The lowest BCUT2D eigenvalue weighted by molar-refractivity contribution is 0.999. The van der Waals surface area contributed by atoms with Crippen molar-refractivity contribution in [1.29, 1.82) is 0 Å². The molecule has 1 aromatic heterocycles. The molecule has 0 atom stereocenters. The van der Waals surface area contributed by atoms with Gasteiger partial charge in [0.05, 0.1) is 12.2 Å². The summed E-state index contributed by atoms with van der Waals surface area (Å²) in [4.78, 5) is 8.22. The third-order valence-electron chi connectivity index (χ3n) is 2.17. The largest absolute Gasteiger partial charge is 0.370 e. The molecule has 0 radical (unpaired) electrons. The highest BCUT2D eigenvalue weighted by Crippen LogP contribution is 2.16. The van der Waals surface area contributed by atoms with E-state index in [-0.39, 0.29) is 29.9 Å². The van der Waals surface area contributed by atoms with Gasteiger partial charge in [0.2, 0.25) is 0 Å². The van der Waals surface area contributed by atoms with Gasteiger partial charge in [0, 0.05) is 11.6 Å². The van der Waals surface area contributed by atoms with Gasteiger partial charge in [-0.3, -0.25) is 4.98 Å². The summed E-state index contributed by atoms with van der Waals surface area (Å²) in [7, 11) is 0. The maximum Gasteiger partial charge on any atom is 0.186 e. The number of guanidine groups is 1. The Kier molecular flexibility index (Phi) is 4.48. The second kappa shape index (κ2) is 5.64. The Bertz CT molecular complexity index is 501. The molecule has 0 bridgehead atoms. The molecule has 0 spiro atoms. The van der Waals surface area contributed by atoms with Crippen molar-refractivity contribution in [1.82, 2.24) is 4.98 Å². The number of halogens is 1. The van der Waals surface area contributed by atoms with Crippen LogP contribution in [0.15, 0.2) is 41.5 Å². The van der Waals surface area contributed by atoms with Gasteiger partial charge in [0.15, 0.2) is 5.96 Å². The van der Waals surface area contributed by atoms with E-state index in [2.05, 4.69) is 9.98 Å². The number of pyridine rings is 1. The Morgan fingerprint density at radius 3 is 2.69 bits per heavy atom. The maximum atomic E-state index is 5.28. The van der Waals surface area contributed by atoms with Gasteiger partial charge in [-0.25, -0.2) is 4.99 Å². The predicted molar refractivity (Wildman–Crippen MR) is 76.7 cm³/mol. The fourth-order valence-corrected chi connectivity index (χ4v) is 1.47. The standard InChI is InChI=1S/C11H12N4.HI/c12-11(13)15-7-10-9-4-2-1-3-8(9)5-6-14-10;/h1-6H,7H2,(H4,12,13,15);1H. The normalized spacial score (nSPS) is 9.50. The number of benzene rings is 1. The highest BCUT2D eigenvalue weighted by Gasteiger charge is 2.00. The molecular weight excluding hydrogens is 315 g/mol. The number of rotatable bonds is 2. The first-order valence-corrected chi connectivity index (χ1v) is 4.65. The smallest absolute Gasteiger partial charge is 0.186 e. The third kappa shape index (κ3) is 2.82. The lowest BCUT2D eigenvalue weighted by Crippen LogP contribution is -2.22. The second-order valence-electron chi connectivity index (χ2n) is 3.22. The summed E-state index contributed by atoms with van der Waals surface area (Å²) in [5.74, 6) is 0.0877. The van der Waals surface area contributed by atoms with E-state index >= 15 is 0 Å². The molecule has 0 fully saturated rings. The molecule has 0 unspecified atom stereocenters. The monoisotopic (exact) mass is 328 g/mol. The Labute approximate surface area is 111 Å². The molecule has 84 valence electrons. The van der Waals surface area contributed by atoms with E-state index in [0.29, 0.717) is 6.54 Å². The van der Waals surface area contributed by atoms with Crippen molar-refractivity contribution in [2.75, 3.05) is 0 Å². The number of aromatic nitrogens is 1. The molecule has 4 nitrogen and oxygen atoms in total. The van der Waals surface area contributed by atoms with Gasteiger partial charge in [-0.15, -0.1) is 24.0 Å². The summed E-state index contributed by atoms with van der Waals surface area (Å²) in [6.45, 7) is 0.420. The molecule has 0 saturated carbocycles. The summed E-state index contributed by atoms with van der Waals surface area (Å²) in [5, 5.41) is 2.23. The minimum atomic E-state index is 0. The molecule has 0 aliphatic heterocycles. The number of nitrogens with two attached hydrogens (primary N) is 2. The van der Waals surface area contributed by atoms with Gasteiger partial charge in [-0.05, 0) is 11.5 Å². The van der Waals surface area contributed by atoms with Gasteiger partial charge < -0.3 is 11.5 Å². The van der Waals surface area contributed by atoms with Crippen LogP contribution in [0.4, 0.5) is 0 Å². The average molecular weight is 328 g/mol. The topological polar surface area (TPSA) is 77.3 Å². The van der Waals surface area contributed by atoms with E-state index in [4.69, 9.17) is 11.5 Å². The van der Waals surface area contributed by atoms with Crippen LogP contribution in [0.3, 0.4) is 0 Å². The molecule has 0 aliphatic carbocycles. The van der Waals surface area contributed by atoms with Crippen LogP contribution < -0.4 is 11.5 Å². The van der Waals surface area contributed by atoms with Crippen LogP contribution in [0, 0.1) is 0 Å². The molecule has 2 aromatic rings. The van der Waals surface area contributed by atoms with Crippen molar-refractivity contribution in [2.24, 2.45) is 16.5 Å². The van der Waals surface area contributed by atoms with Crippen LogP contribution in [0.25, 0.3) is 10.8 Å². The van der Waals surface area contributed by atoms with E-state index in [9.17, 15) is 0 Å². The SMILES string of the molecule is I.NC(N)=NCc1nccc2ccccc12. The molecule has 4 N–H and O–H groups in total. The summed E-state index contributed by atoms with van der Waals surface area (Å²) >= 11 is 0. The Morgan fingerprint density at radius 2 is 1.94 bits per heavy atom. The van der Waals surface area contributed by atoms with E-state index in [1.165, 1.54) is 0 Å². The second-order valence-corrected chi connectivity index (χ2v) is 3.22. The summed E-state index contributed by atoms with van der Waals surface area (Å²) in [6, 6.07) is 9.99. The summed E-state index contributed by atoms with van der Waals surface area (Å²) in [6.07, 6.45) is 1.76. The number of hydrogen-bond acceptors (Lipinski definition) is 2. The Morgan fingerprint density at radius 1 is 1.19 bits per heavy atom. The van der Waals surface area contributed by atoms with Crippen molar-refractivity contribution < 1.29 is 0 Å². The van der Waals surface area contributed by atoms with Crippen molar-refractivity contribution in [3.05, 3.63) is 42.2 Å². The molecule has 5 heteroatoms. The summed E-state index contributed by atoms with van der Waals surface area (Å²) < 4.78 is 0. The minimum absolute atomic E-state index is 0. The lowest BCUT2D eigenvalue weighted by atomic mass is 10.1. The summed E-state index contributed by atoms with van der Waals surface area (Å²) in [5.41, 5.74) is 11.5. The van der Waals surface area contributed by atoms with Crippen LogP contribution in [0.5, 0.6) is 0 Å². The lowest BCUT2D eigenvalue weighted by Gasteiger charge is -2.02. The average Bonchev–Trinajstić information content (AvgIpc) is 2.26. The zero-order chi connectivity index (χ0) is 10.7. The number of fused-ring (bicyclic) bond motifs is 1. The Balaban J connectivity index is 0.00000128. The molecule has 0 saturated heterocycles. The molecule has 16 heavy (non-hydrogen) atoms. The van der Waals surface area contributed by atoms with Crippen molar-refractivity contribution in [3.8, 4) is 0 Å². The zero-order valence-corrected chi connectivity index (χ0v) is 11.0. The molecule has 2 rings (SSSR count). The van der Waals surface area contributed by atoms with Crippen molar-refractivity contribution >= 4 is 40.7 Å². The number of hydrogen-bond donors (Lipinski definition) is 2. The van der Waals surface area contributed by atoms with Crippen molar-refractivity contribution in [3.63, 3.8) is 0 Å². The van der Waals surface area contributed by atoms with Crippen LogP contribution in [0.1, 0.15) is 5.69 Å². The maximum absolute atomic E-state index is 5.28. The van der Waals surface area contributed by atoms with Gasteiger partial charge in [0.25, 0.3) is 0 Å². The van der Waals surface area contributed by atoms with Gasteiger partial charge in [-0.2, -0.15) is 0 Å². The van der Waals surface area contributed by atoms with E-state index in [1.807, 2.05) is 30.3 Å². The molecule has 1 aromatic carbocycles. The first-order valence-electron chi connectivity index (χ1n) is 4.65. The highest BCUT2D eigenvalue weighted by molar-refractivity contribution is 14.0. The number of nitrogens with zero attached hydrogens (tertiary/aromatic N) is 2. The molecular formula is C11H13IN4. The van der Waals surface area contributed by atoms with Crippen LogP contribution >= 0.6 is 24.0 Å². The molecule has 1 heterocycles. The Hall–Kier alpha value is -1.37. The minimum Gasteiger partial charge on any atom is -0.370 e. The van der Waals surface area contributed by atoms with Crippen LogP contribution in [-0.4, -0.2) is 10.9 Å². The third-order valence-corrected chi connectivity index (χ3v) is 2.17. The fourth-order valence-electron chi connectivity index (χ4n) is 1.47. The van der Waals surface area contributed by atoms with Gasteiger partial charge in [-0.1, -0.05) is 24.3 Å². The fraction of sp³-hybridized carbons (Fsp3) is 0.0909. The predicted octanol–water partition coefficient (Wildman–Crippen LogP) is 1.63. The molecule has 0 amide bonds. The van der Waals surface area contributed by atoms with Crippen molar-refractivity contribution in [2.45, 2.75) is 6.54 Å². The molecule has 0 aliphatic rings. The van der Waals surface area contributed by atoms with Gasteiger partial charge in [0.1, 0.15) is 0 Å². The number of aliphatic imine (C=N–C) groups is 1. The van der Waals surface area contributed by atoms with E-state index in [1.54, 1.807) is 6.20 Å². The van der Waals surface area contributed by atoms with Crippen LogP contribution in [-0.2, 0) is 6.54 Å². The quantitative estimate of drug-likeness (QED) is 0.500. The van der Waals surface area contributed by atoms with E-state index in [0.717, 1.165) is 16.5 Å². The highest BCUT2D eigenvalue weighted by atomic mass is 127. The van der Waals surface area contributed by atoms with E-state index < -0.39 is 0 Å².